The van der Waals surface area contributed by atoms with Crippen LogP contribution in [-0.2, 0) is 9.59 Å². The molecule has 0 radical (unpaired) electrons. The fourth-order valence-corrected chi connectivity index (χ4v) is 6.89. The van der Waals surface area contributed by atoms with Crippen molar-refractivity contribution in [1.29, 1.82) is 0 Å². The minimum absolute atomic E-state index is 0.0676. The van der Waals surface area contributed by atoms with Crippen molar-refractivity contribution in [2.75, 3.05) is 12.4 Å². The molecular formula is C32H39FN2O6. The summed E-state index contributed by atoms with van der Waals surface area (Å²) in [4.78, 5) is 38.4. The van der Waals surface area contributed by atoms with E-state index in [0.29, 0.717) is 31.6 Å². The number of carbonyl (C=O) groups excluding carboxylic acids is 2. The molecule has 2 aromatic rings. The lowest BCUT2D eigenvalue weighted by Crippen LogP contribution is -2.48. The van der Waals surface area contributed by atoms with Crippen LogP contribution in [-0.4, -0.2) is 42.1 Å². The molecule has 0 aliphatic heterocycles. The highest BCUT2D eigenvalue weighted by molar-refractivity contribution is 5.99. The van der Waals surface area contributed by atoms with Gasteiger partial charge in [-0.3, -0.25) is 14.4 Å². The Morgan fingerprint density at radius 1 is 0.976 bits per heavy atom. The van der Waals surface area contributed by atoms with Crippen LogP contribution in [0.5, 0.6) is 11.5 Å². The van der Waals surface area contributed by atoms with Gasteiger partial charge in [0.15, 0.2) is 11.6 Å². The molecule has 3 saturated carbocycles. The van der Waals surface area contributed by atoms with Crippen LogP contribution in [0.1, 0.15) is 80.6 Å². The molecule has 2 amide bonds. The summed E-state index contributed by atoms with van der Waals surface area (Å²) >= 11 is 0. The number of aliphatic carboxylic acids is 1. The summed E-state index contributed by atoms with van der Waals surface area (Å²) < 4.78 is 26.2. The third kappa shape index (κ3) is 6.19. The number of fused-ring (bicyclic) bond motifs is 2. The zero-order chi connectivity index (χ0) is 29.3. The van der Waals surface area contributed by atoms with Gasteiger partial charge in [0.05, 0.1) is 30.6 Å². The minimum atomic E-state index is -0.824. The molecule has 5 rings (SSSR count). The molecule has 2 aromatic carbocycles. The zero-order valence-electron chi connectivity index (χ0n) is 23.8. The Morgan fingerprint density at radius 2 is 1.71 bits per heavy atom. The maximum Gasteiger partial charge on any atom is 0.306 e. The van der Waals surface area contributed by atoms with Crippen LogP contribution < -0.4 is 20.1 Å². The monoisotopic (exact) mass is 566 g/mol. The molecular weight excluding hydrogens is 527 g/mol. The van der Waals surface area contributed by atoms with E-state index < -0.39 is 23.6 Å². The second kappa shape index (κ2) is 12.1. The highest BCUT2D eigenvalue weighted by Gasteiger charge is 2.51. The molecule has 2 bridgehead atoms. The number of carbonyl (C=O) groups is 3. The molecule has 8 nitrogen and oxygen atoms in total. The summed E-state index contributed by atoms with van der Waals surface area (Å²) in [5.74, 6) is -2.08. The van der Waals surface area contributed by atoms with E-state index in [1.807, 2.05) is 24.3 Å². The normalized spacial score (nSPS) is 27.0. The zero-order valence-corrected chi connectivity index (χ0v) is 23.8. The van der Waals surface area contributed by atoms with Gasteiger partial charge >= 0.3 is 5.97 Å². The quantitative estimate of drug-likeness (QED) is 0.356. The van der Waals surface area contributed by atoms with Crippen LogP contribution in [0.15, 0.2) is 36.4 Å². The van der Waals surface area contributed by atoms with Crippen molar-refractivity contribution in [3.05, 3.63) is 53.3 Å². The van der Waals surface area contributed by atoms with E-state index in [2.05, 4.69) is 24.5 Å². The molecule has 0 heterocycles. The molecule has 9 heteroatoms. The lowest BCUT2D eigenvalue weighted by molar-refractivity contribution is -0.143. The number of amides is 2. The van der Waals surface area contributed by atoms with Crippen LogP contribution >= 0.6 is 0 Å². The van der Waals surface area contributed by atoms with Crippen LogP contribution in [0.2, 0.25) is 0 Å². The van der Waals surface area contributed by atoms with E-state index >= 15 is 0 Å². The van der Waals surface area contributed by atoms with Crippen molar-refractivity contribution in [2.45, 2.75) is 76.9 Å². The van der Waals surface area contributed by atoms with Gasteiger partial charge in [-0.05, 0) is 86.5 Å². The van der Waals surface area contributed by atoms with E-state index in [-0.39, 0.29) is 52.9 Å². The van der Waals surface area contributed by atoms with Crippen molar-refractivity contribution in [3.63, 3.8) is 0 Å². The maximum atomic E-state index is 14.9. The summed E-state index contributed by atoms with van der Waals surface area (Å²) in [5, 5.41) is 15.4. The molecule has 0 spiro atoms. The number of anilines is 1. The second-order valence-corrected chi connectivity index (χ2v) is 12.0. The summed E-state index contributed by atoms with van der Waals surface area (Å²) in [7, 11) is 1.37. The number of carboxylic acids is 1. The number of hydrogen-bond acceptors (Lipinski definition) is 5. The van der Waals surface area contributed by atoms with E-state index in [1.54, 1.807) is 0 Å². The first-order chi connectivity index (χ1) is 19.6. The minimum Gasteiger partial charge on any atom is -0.496 e. The topological polar surface area (TPSA) is 114 Å². The number of rotatable bonds is 9. The third-order valence-corrected chi connectivity index (χ3v) is 9.15. The molecule has 41 heavy (non-hydrogen) atoms. The second-order valence-electron chi connectivity index (χ2n) is 12.0. The highest BCUT2D eigenvalue weighted by atomic mass is 19.1. The number of hydrogen-bond donors (Lipinski definition) is 3. The Labute approximate surface area is 240 Å². The molecule has 4 atom stereocenters. The van der Waals surface area contributed by atoms with Gasteiger partial charge < -0.3 is 25.2 Å². The van der Waals surface area contributed by atoms with Crippen molar-refractivity contribution >= 4 is 23.5 Å². The molecule has 0 saturated heterocycles. The van der Waals surface area contributed by atoms with Gasteiger partial charge in [-0.25, -0.2) is 4.39 Å². The summed E-state index contributed by atoms with van der Waals surface area (Å²) in [6.45, 7) is 4.21. The van der Waals surface area contributed by atoms with Gasteiger partial charge in [-0.1, -0.05) is 26.0 Å². The predicted octanol–water partition coefficient (Wildman–Crippen LogP) is 5.76. The van der Waals surface area contributed by atoms with Gasteiger partial charge in [-0.15, -0.1) is 0 Å². The van der Waals surface area contributed by atoms with Crippen LogP contribution in [0, 0.1) is 29.5 Å². The summed E-state index contributed by atoms with van der Waals surface area (Å²) in [5.41, 5.74) is 2.01. The van der Waals surface area contributed by atoms with Gasteiger partial charge in [-0.2, -0.15) is 0 Å². The Balaban J connectivity index is 1.31. The molecule has 3 aliphatic rings. The van der Waals surface area contributed by atoms with Crippen molar-refractivity contribution in [3.8, 4) is 11.5 Å². The van der Waals surface area contributed by atoms with Crippen LogP contribution in [0.3, 0.4) is 0 Å². The van der Waals surface area contributed by atoms with Gasteiger partial charge in [0.2, 0.25) is 5.91 Å². The molecule has 3 aliphatic carbocycles. The largest absolute Gasteiger partial charge is 0.496 e. The predicted molar refractivity (Wildman–Crippen MR) is 152 cm³/mol. The molecule has 220 valence electrons. The number of methoxy groups -OCH3 is 1. The standard InChI is InChI=1S/C32H39FN2O6/c1-17(2)19-5-4-6-22(14-19)34-31(37)28-20-7-8-21(13-20)29(28)35-30(36)24-15-27(25(33)16-26(24)40-3)41-23-11-9-18(10-12-23)32(38)39/h4-6,14-18,20-21,23,28-29H,7-13H2,1-3H3,(H,34,37)(H,35,36)(H,38,39)/t18-,20-,21+,23+,28+,29-/m1/s1. The lowest BCUT2D eigenvalue weighted by atomic mass is 9.83. The number of halogens is 1. The van der Waals surface area contributed by atoms with Crippen molar-refractivity contribution in [1.82, 2.24) is 5.32 Å². The first-order valence-corrected chi connectivity index (χ1v) is 14.6. The fourth-order valence-electron chi connectivity index (χ4n) is 6.89. The van der Waals surface area contributed by atoms with Crippen molar-refractivity contribution in [2.24, 2.45) is 23.7 Å². The Hall–Kier alpha value is -3.62. The average molecular weight is 567 g/mol. The third-order valence-electron chi connectivity index (χ3n) is 9.15. The van der Waals surface area contributed by atoms with E-state index in [4.69, 9.17) is 9.47 Å². The molecule has 0 aromatic heterocycles. The first kappa shape index (κ1) is 28.9. The smallest absolute Gasteiger partial charge is 0.306 e. The number of carboxylic acid groups (broad SMARTS) is 1. The fraction of sp³-hybridized carbons (Fsp3) is 0.531. The van der Waals surface area contributed by atoms with Crippen LogP contribution in [0.25, 0.3) is 0 Å². The van der Waals surface area contributed by atoms with Gasteiger partial charge in [0.25, 0.3) is 5.91 Å². The molecule has 0 unspecified atom stereocenters. The first-order valence-electron chi connectivity index (χ1n) is 14.6. The number of nitrogens with one attached hydrogen (secondary N) is 2. The Morgan fingerprint density at radius 3 is 2.39 bits per heavy atom. The summed E-state index contributed by atoms with van der Waals surface area (Å²) in [6.07, 6.45) is 4.33. The number of ether oxygens (including phenoxy) is 2. The van der Waals surface area contributed by atoms with E-state index in [1.165, 1.54) is 13.2 Å². The van der Waals surface area contributed by atoms with E-state index in [9.17, 15) is 23.9 Å². The average Bonchev–Trinajstić information content (AvgIpc) is 3.56. The SMILES string of the molecule is COc1cc(F)c(O[C@H]2CC[C@@H](C(=O)O)CC2)cc1C(=O)N[C@@H]1[C@H]2CC[C@H](C2)[C@@H]1C(=O)Nc1cccc(C(C)C)c1. The highest BCUT2D eigenvalue weighted by Crippen LogP contribution is 2.49. The molecule has 3 N–H and O–H groups in total. The van der Waals surface area contributed by atoms with E-state index in [0.717, 1.165) is 36.6 Å². The Kier molecular flexibility index (Phi) is 8.52. The van der Waals surface area contributed by atoms with Crippen molar-refractivity contribution < 1.29 is 33.4 Å². The van der Waals surface area contributed by atoms with Gasteiger partial charge in [0.1, 0.15) is 5.75 Å². The molecule has 3 fully saturated rings. The lowest BCUT2D eigenvalue weighted by Gasteiger charge is -2.31. The number of benzene rings is 2. The van der Waals surface area contributed by atoms with Gasteiger partial charge in [0, 0.05) is 17.8 Å². The van der Waals surface area contributed by atoms with Crippen LogP contribution in [0.4, 0.5) is 10.1 Å². The maximum absolute atomic E-state index is 14.9. The summed E-state index contributed by atoms with van der Waals surface area (Å²) in [6, 6.07) is 9.98. The Bertz CT molecular complexity index is 1310.